The minimum atomic E-state index is -0.352. The Bertz CT molecular complexity index is 368. The zero-order valence-corrected chi connectivity index (χ0v) is 10.3. The van der Waals surface area contributed by atoms with Gasteiger partial charge in [0.15, 0.2) is 0 Å². The second kappa shape index (κ2) is 7.01. The molecule has 2 N–H and O–H groups in total. The summed E-state index contributed by atoms with van der Waals surface area (Å²) in [5.41, 5.74) is 0.486. The molecule has 1 atom stereocenters. The SMILES string of the molecule is CCC(C)CNCC(=O)Nc1cccc(F)c1. The summed E-state index contributed by atoms with van der Waals surface area (Å²) in [6.07, 6.45) is 1.08. The fourth-order valence-corrected chi connectivity index (χ4v) is 1.35. The molecule has 1 rings (SSSR count). The molecule has 1 aromatic rings. The van der Waals surface area contributed by atoms with Gasteiger partial charge >= 0.3 is 0 Å². The van der Waals surface area contributed by atoms with Crippen LogP contribution in [0.5, 0.6) is 0 Å². The van der Waals surface area contributed by atoms with Crippen molar-refractivity contribution in [1.82, 2.24) is 5.32 Å². The van der Waals surface area contributed by atoms with E-state index in [9.17, 15) is 9.18 Å². The second-order valence-corrected chi connectivity index (χ2v) is 4.20. The molecule has 0 saturated carbocycles. The third-order valence-electron chi connectivity index (χ3n) is 2.58. The molecule has 1 amide bonds. The lowest BCUT2D eigenvalue weighted by molar-refractivity contribution is -0.115. The number of nitrogens with one attached hydrogen (secondary N) is 2. The molecular weight excluding hydrogens is 219 g/mol. The zero-order valence-electron chi connectivity index (χ0n) is 10.3. The highest BCUT2D eigenvalue weighted by atomic mass is 19.1. The third kappa shape index (κ3) is 5.45. The Morgan fingerprint density at radius 2 is 2.24 bits per heavy atom. The highest BCUT2D eigenvalue weighted by Gasteiger charge is 2.04. The van der Waals surface area contributed by atoms with E-state index < -0.39 is 0 Å². The fourth-order valence-electron chi connectivity index (χ4n) is 1.35. The van der Waals surface area contributed by atoms with Gasteiger partial charge in [-0.2, -0.15) is 0 Å². The molecule has 4 heteroatoms. The highest BCUT2D eigenvalue weighted by Crippen LogP contribution is 2.08. The van der Waals surface area contributed by atoms with Crippen molar-refractivity contribution >= 4 is 11.6 Å². The summed E-state index contributed by atoms with van der Waals surface area (Å²) in [6.45, 7) is 5.30. The van der Waals surface area contributed by atoms with Crippen LogP contribution in [-0.4, -0.2) is 19.0 Å². The van der Waals surface area contributed by atoms with Gasteiger partial charge in [0.25, 0.3) is 0 Å². The quantitative estimate of drug-likeness (QED) is 0.799. The van der Waals surface area contributed by atoms with Crippen LogP contribution in [0.4, 0.5) is 10.1 Å². The molecule has 0 spiro atoms. The molecule has 0 bridgehead atoms. The summed E-state index contributed by atoms with van der Waals surface area (Å²) < 4.78 is 12.9. The molecule has 0 aromatic heterocycles. The van der Waals surface area contributed by atoms with Crippen LogP contribution in [-0.2, 0) is 4.79 Å². The van der Waals surface area contributed by atoms with Gasteiger partial charge in [-0.3, -0.25) is 4.79 Å². The van der Waals surface area contributed by atoms with Gasteiger partial charge in [0.1, 0.15) is 5.82 Å². The first-order valence-corrected chi connectivity index (χ1v) is 5.88. The number of carbonyl (C=O) groups is 1. The maximum atomic E-state index is 12.9. The third-order valence-corrected chi connectivity index (χ3v) is 2.58. The molecule has 94 valence electrons. The van der Waals surface area contributed by atoms with Crippen LogP contribution in [0.25, 0.3) is 0 Å². The Morgan fingerprint density at radius 3 is 2.88 bits per heavy atom. The van der Waals surface area contributed by atoms with Crippen LogP contribution >= 0.6 is 0 Å². The van der Waals surface area contributed by atoms with E-state index in [-0.39, 0.29) is 18.3 Å². The van der Waals surface area contributed by atoms with Gasteiger partial charge in [-0.15, -0.1) is 0 Å². The predicted octanol–water partition coefficient (Wildman–Crippen LogP) is 2.40. The average molecular weight is 238 g/mol. The van der Waals surface area contributed by atoms with Gasteiger partial charge in [0.05, 0.1) is 6.54 Å². The molecule has 0 saturated heterocycles. The van der Waals surface area contributed by atoms with Crippen molar-refractivity contribution in [2.24, 2.45) is 5.92 Å². The van der Waals surface area contributed by atoms with Crippen LogP contribution in [0.15, 0.2) is 24.3 Å². The van der Waals surface area contributed by atoms with Gasteiger partial charge in [0.2, 0.25) is 5.91 Å². The Kier molecular flexibility index (Phi) is 5.63. The fraction of sp³-hybridized carbons (Fsp3) is 0.462. The molecule has 0 aliphatic rings. The van der Waals surface area contributed by atoms with Crippen LogP contribution in [0.2, 0.25) is 0 Å². The largest absolute Gasteiger partial charge is 0.325 e. The van der Waals surface area contributed by atoms with E-state index in [2.05, 4.69) is 24.5 Å². The van der Waals surface area contributed by atoms with Crippen molar-refractivity contribution in [2.45, 2.75) is 20.3 Å². The van der Waals surface area contributed by atoms with Gasteiger partial charge < -0.3 is 10.6 Å². The average Bonchev–Trinajstić information content (AvgIpc) is 2.28. The summed E-state index contributed by atoms with van der Waals surface area (Å²) in [5.74, 6) is 0.0474. The van der Waals surface area contributed by atoms with Crippen molar-refractivity contribution in [3.05, 3.63) is 30.1 Å². The van der Waals surface area contributed by atoms with Crippen molar-refractivity contribution in [3.63, 3.8) is 0 Å². The molecule has 0 aliphatic heterocycles. The van der Waals surface area contributed by atoms with Crippen LogP contribution in [0.3, 0.4) is 0 Å². The van der Waals surface area contributed by atoms with E-state index in [0.29, 0.717) is 11.6 Å². The number of amides is 1. The Labute approximate surface area is 101 Å². The zero-order chi connectivity index (χ0) is 12.7. The van der Waals surface area contributed by atoms with Crippen LogP contribution < -0.4 is 10.6 Å². The topological polar surface area (TPSA) is 41.1 Å². The summed E-state index contributed by atoms with van der Waals surface area (Å²) in [6, 6.07) is 5.87. The maximum absolute atomic E-state index is 12.9. The number of benzene rings is 1. The summed E-state index contributed by atoms with van der Waals surface area (Å²) in [4.78, 5) is 11.5. The monoisotopic (exact) mass is 238 g/mol. The van der Waals surface area contributed by atoms with E-state index in [1.54, 1.807) is 12.1 Å². The van der Waals surface area contributed by atoms with Gasteiger partial charge in [-0.25, -0.2) is 4.39 Å². The lowest BCUT2D eigenvalue weighted by atomic mass is 10.1. The summed E-state index contributed by atoms with van der Waals surface area (Å²) >= 11 is 0. The molecule has 0 fully saturated rings. The summed E-state index contributed by atoms with van der Waals surface area (Å²) in [7, 11) is 0. The molecule has 0 aliphatic carbocycles. The van der Waals surface area contributed by atoms with Crippen molar-refractivity contribution < 1.29 is 9.18 Å². The first-order valence-electron chi connectivity index (χ1n) is 5.88. The second-order valence-electron chi connectivity index (χ2n) is 4.20. The standard InChI is InChI=1S/C13H19FN2O/c1-3-10(2)8-15-9-13(17)16-12-6-4-5-11(14)7-12/h4-7,10,15H,3,8-9H2,1-2H3,(H,16,17). The van der Waals surface area contributed by atoms with Crippen molar-refractivity contribution in [1.29, 1.82) is 0 Å². The van der Waals surface area contributed by atoms with E-state index >= 15 is 0 Å². The van der Waals surface area contributed by atoms with E-state index in [1.807, 2.05) is 0 Å². The minimum Gasteiger partial charge on any atom is -0.325 e. The number of rotatable bonds is 6. The van der Waals surface area contributed by atoms with Crippen LogP contribution in [0, 0.1) is 11.7 Å². The molecule has 1 unspecified atom stereocenters. The molecule has 0 heterocycles. The van der Waals surface area contributed by atoms with Crippen LogP contribution in [0.1, 0.15) is 20.3 Å². The lowest BCUT2D eigenvalue weighted by Gasteiger charge is -2.10. The minimum absolute atomic E-state index is 0.154. The first-order chi connectivity index (χ1) is 8.11. The van der Waals surface area contributed by atoms with Gasteiger partial charge in [0, 0.05) is 5.69 Å². The van der Waals surface area contributed by atoms with Gasteiger partial charge in [-0.1, -0.05) is 26.3 Å². The number of hydrogen-bond donors (Lipinski definition) is 2. The Morgan fingerprint density at radius 1 is 1.47 bits per heavy atom. The lowest BCUT2D eigenvalue weighted by Crippen LogP contribution is -2.31. The van der Waals surface area contributed by atoms with Gasteiger partial charge in [-0.05, 0) is 30.7 Å². The smallest absolute Gasteiger partial charge is 0.238 e. The number of hydrogen-bond acceptors (Lipinski definition) is 2. The molecule has 0 radical (unpaired) electrons. The number of carbonyl (C=O) groups excluding carboxylic acids is 1. The normalized spacial score (nSPS) is 12.2. The molecular formula is C13H19FN2O. The number of anilines is 1. The Balaban J connectivity index is 2.30. The van der Waals surface area contributed by atoms with E-state index in [1.165, 1.54) is 12.1 Å². The summed E-state index contributed by atoms with van der Waals surface area (Å²) in [5, 5.41) is 5.70. The number of halogens is 1. The highest BCUT2D eigenvalue weighted by molar-refractivity contribution is 5.92. The van der Waals surface area contributed by atoms with E-state index in [4.69, 9.17) is 0 Å². The molecule has 17 heavy (non-hydrogen) atoms. The van der Waals surface area contributed by atoms with Crippen molar-refractivity contribution in [3.8, 4) is 0 Å². The molecule has 1 aromatic carbocycles. The Hall–Kier alpha value is -1.42. The van der Waals surface area contributed by atoms with E-state index in [0.717, 1.165) is 13.0 Å². The predicted molar refractivity (Wildman–Crippen MR) is 67.4 cm³/mol. The van der Waals surface area contributed by atoms with Crippen molar-refractivity contribution in [2.75, 3.05) is 18.4 Å². The maximum Gasteiger partial charge on any atom is 0.238 e. The first kappa shape index (κ1) is 13.6. The molecule has 3 nitrogen and oxygen atoms in total.